The second kappa shape index (κ2) is 10.5. The standard InChI is InChI=1S/C26H29F3N2O3/c27-26(28,29)22-8-6-20(7-9-22)24(32)31-16-12-21(13-17-31)25(33)30-14-10-19(11-15-30)18-34-23-4-2-1-3-5-23/h1-9,19,21H,10-18H2. The number of carbonyl (C=O) groups is 2. The van der Waals surface area contributed by atoms with Gasteiger partial charge in [0.25, 0.3) is 5.91 Å². The molecule has 34 heavy (non-hydrogen) atoms. The van der Waals surface area contributed by atoms with Gasteiger partial charge >= 0.3 is 6.18 Å². The number of hydrogen-bond acceptors (Lipinski definition) is 3. The van der Waals surface area contributed by atoms with Crippen LogP contribution in [0.3, 0.4) is 0 Å². The largest absolute Gasteiger partial charge is 0.493 e. The molecule has 0 N–H and O–H groups in total. The molecule has 8 heteroatoms. The Morgan fingerprint density at radius 2 is 1.41 bits per heavy atom. The van der Waals surface area contributed by atoms with Gasteiger partial charge in [-0.2, -0.15) is 13.2 Å². The average molecular weight is 475 g/mol. The molecule has 2 saturated heterocycles. The van der Waals surface area contributed by atoms with Crippen molar-refractivity contribution >= 4 is 11.8 Å². The molecule has 2 aromatic carbocycles. The first-order valence-electron chi connectivity index (χ1n) is 11.7. The van der Waals surface area contributed by atoms with Crippen LogP contribution in [-0.4, -0.2) is 54.4 Å². The molecule has 2 aliphatic heterocycles. The Bertz CT molecular complexity index is 963. The molecule has 0 atom stereocenters. The summed E-state index contributed by atoms with van der Waals surface area (Å²) in [6.07, 6.45) is -1.47. The van der Waals surface area contributed by atoms with Crippen LogP contribution in [0.5, 0.6) is 5.75 Å². The van der Waals surface area contributed by atoms with Gasteiger partial charge in [-0.1, -0.05) is 18.2 Å². The van der Waals surface area contributed by atoms with Crippen molar-refractivity contribution < 1.29 is 27.5 Å². The van der Waals surface area contributed by atoms with Crippen LogP contribution in [-0.2, 0) is 11.0 Å². The van der Waals surface area contributed by atoms with E-state index in [1.807, 2.05) is 35.2 Å². The summed E-state index contributed by atoms with van der Waals surface area (Å²) in [5.74, 6) is 1.02. The maximum atomic E-state index is 13.0. The maximum absolute atomic E-state index is 13.0. The van der Waals surface area contributed by atoms with Crippen molar-refractivity contribution in [2.45, 2.75) is 31.9 Å². The molecular formula is C26H29F3N2O3. The molecule has 2 fully saturated rings. The SMILES string of the molecule is O=C(c1ccc(C(F)(F)F)cc1)N1CCC(C(=O)N2CCC(COc3ccccc3)CC2)CC1. The molecule has 0 spiro atoms. The van der Waals surface area contributed by atoms with Gasteiger partial charge in [0.05, 0.1) is 12.2 Å². The summed E-state index contributed by atoms with van der Waals surface area (Å²) in [7, 11) is 0. The topological polar surface area (TPSA) is 49.9 Å². The van der Waals surface area contributed by atoms with Crippen molar-refractivity contribution in [3.05, 3.63) is 65.7 Å². The first-order chi connectivity index (χ1) is 16.3. The molecule has 182 valence electrons. The summed E-state index contributed by atoms with van der Waals surface area (Å²) in [5.41, 5.74) is -0.540. The molecule has 0 radical (unpaired) electrons. The van der Waals surface area contributed by atoms with Crippen LogP contribution in [0, 0.1) is 11.8 Å². The van der Waals surface area contributed by atoms with E-state index in [4.69, 9.17) is 4.74 Å². The zero-order valence-electron chi connectivity index (χ0n) is 19.0. The van der Waals surface area contributed by atoms with Crippen molar-refractivity contribution in [3.8, 4) is 5.75 Å². The van der Waals surface area contributed by atoms with E-state index in [9.17, 15) is 22.8 Å². The minimum Gasteiger partial charge on any atom is -0.493 e. The van der Waals surface area contributed by atoms with Crippen molar-refractivity contribution in [2.24, 2.45) is 11.8 Å². The first-order valence-corrected chi connectivity index (χ1v) is 11.7. The summed E-state index contributed by atoms with van der Waals surface area (Å²) < 4.78 is 44.1. The van der Waals surface area contributed by atoms with Gasteiger partial charge in [-0.05, 0) is 68.0 Å². The van der Waals surface area contributed by atoms with Crippen molar-refractivity contribution in [1.29, 1.82) is 0 Å². The molecule has 2 amide bonds. The van der Waals surface area contributed by atoms with Gasteiger partial charge in [-0.15, -0.1) is 0 Å². The third-order valence-electron chi connectivity index (χ3n) is 6.75. The minimum absolute atomic E-state index is 0.117. The van der Waals surface area contributed by atoms with Gasteiger partial charge in [0.2, 0.25) is 5.91 Å². The minimum atomic E-state index is -4.43. The highest BCUT2D eigenvalue weighted by molar-refractivity contribution is 5.94. The van der Waals surface area contributed by atoms with E-state index in [-0.39, 0.29) is 23.3 Å². The third-order valence-corrected chi connectivity index (χ3v) is 6.75. The fourth-order valence-electron chi connectivity index (χ4n) is 4.62. The molecule has 0 bridgehead atoms. The lowest BCUT2D eigenvalue weighted by molar-refractivity contribution is -0.138. The van der Waals surface area contributed by atoms with Gasteiger partial charge in [0, 0.05) is 37.7 Å². The van der Waals surface area contributed by atoms with Gasteiger partial charge < -0.3 is 14.5 Å². The highest BCUT2D eigenvalue weighted by atomic mass is 19.4. The Kier molecular flexibility index (Phi) is 7.44. The fraction of sp³-hybridized carbons (Fsp3) is 0.462. The molecule has 5 nitrogen and oxygen atoms in total. The highest BCUT2D eigenvalue weighted by Crippen LogP contribution is 2.30. The van der Waals surface area contributed by atoms with Crippen LogP contribution in [0.25, 0.3) is 0 Å². The predicted octanol–water partition coefficient (Wildman–Crippen LogP) is 4.88. The van der Waals surface area contributed by atoms with E-state index in [1.54, 1.807) is 4.90 Å². The van der Waals surface area contributed by atoms with Gasteiger partial charge in [0.15, 0.2) is 0 Å². The molecule has 0 aliphatic carbocycles. The monoisotopic (exact) mass is 474 g/mol. The predicted molar refractivity (Wildman–Crippen MR) is 121 cm³/mol. The molecule has 4 rings (SSSR count). The second-order valence-electron chi connectivity index (χ2n) is 9.03. The summed E-state index contributed by atoms with van der Waals surface area (Å²) in [6, 6.07) is 14.0. The summed E-state index contributed by atoms with van der Waals surface area (Å²) in [5, 5.41) is 0. The number of para-hydroxylation sites is 1. The number of likely N-dealkylation sites (tertiary alicyclic amines) is 2. The van der Waals surface area contributed by atoms with Crippen LogP contribution in [0.2, 0.25) is 0 Å². The number of benzene rings is 2. The smallest absolute Gasteiger partial charge is 0.416 e. The highest BCUT2D eigenvalue weighted by Gasteiger charge is 2.33. The van der Waals surface area contributed by atoms with Gasteiger partial charge in [-0.3, -0.25) is 9.59 Å². The average Bonchev–Trinajstić information content (AvgIpc) is 2.87. The van der Waals surface area contributed by atoms with Crippen molar-refractivity contribution in [1.82, 2.24) is 9.80 Å². The zero-order chi connectivity index (χ0) is 24.1. The van der Waals surface area contributed by atoms with Crippen molar-refractivity contribution in [3.63, 3.8) is 0 Å². The number of ether oxygens (including phenoxy) is 1. The van der Waals surface area contributed by atoms with Crippen LogP contribution < -0.4 is 4.74 Å². The number of carbonyl (C=O) groups excluding carboxylic acids is 2. The molecular weight excluding hydrogens is 445 g/mol. The Labute approximate surface area is 197 Å². The normalized spacial score (nSPS) is 18.1. The van der Waals surface area contributed by atoms with Crippen LogP contribution in [0.1, 0.15) is 41.6 Å². The van der Waals surface area contributed by atoms with E-state index in [2.05, 4.69) is 0 Å². The fourth-order valence-corrected chi connectivity index (χ4v) is 4.62. The van der Waals surface area contributed by atoms with Gasteiger partial charge in [0.1, 0.15) is 5.75 Å². The number of amides is 2. The molecule has 2 aromatic rings. The summed E-state index contributed by atoms with van der Waals surface area (Å²) >= 11 is 0. The Balaban J connectivity index is 1.21. The number of rotatable bonds is 5. The number of halogens is 3. The number of hydrogen-bond donors (Lipinski definition) is 0. The third kappa shape index (κ3) is 5.90. The summed E-state index contributed by atoms with van der Waals surface area (Å²) in [4.78, 5) is 29.2. The molecule has 0 unspecified atom stereocenters. The van der Waals surface area contributed by atoms with Gasteiger partial charge in [-0.25, -0.2) is 0 Å². The van der Waals surface area contributed by atoms with Crippen LogP contribution in [0.15, 0.2) is 54.6 Å². The zero-order valence-corrected chi connectivity index (χ0v) is 19.0. The van der Waals surface area contributed by atoms with Crippen molar-refractivity contribution in [2.75, 3.05) is 32.8 Å². The Morgan fingerprint density at radius 1 is 0.824 bits per heavy atom. The lowest BCUT2D eigenvalue weighted by Crippen LogP contribution is -2.47. The van der Waals surface area contributed by atoms with E-state index >= 15 is 0 Å². The van der Waals surface area contributed by atoms with E-state index in [0.29, 0.717) is 51.5 Å². The first kappa shape index (κ1) is 24.1. The number of piperidine rings is 2. The summed E-state index contributed by atoms with van der Waals surface area (Å²) in [6.45, 7) is 2.93. The van der Waals surface area contributed by atoms with Crippen LogP contribution in [0.4, 0.5) is 13.2 Å². The second-order valence-corrected chi connectivity index (χ2v) is 9.03. The maximum Gasteiger partial charge on any atom is 0.416 e. The molecule has 0 saturated carbocycles. The Hall–Kier alpha value is -3.03. The molecule has 0 aromatic heterocycles. The lowest BCUT2D eigenvalue weighted by atomic mass is 9.92. The molecule has 2 heterocycles. The molecule has 2 aliphatic rings. The Morgan fingerprint density at radius 3 is 2.00 bits per heavy atom. The number of alkyl halides is 3. The number of nitrogens with zero attached hydrogens (tertiary/aromatic N) is 2. The van der Waals surface area contributed by atoms with E-state index < -0.39 is 11.7 Å². The van der Waals surface area contributed by atoms with E-state index in [0.717, 1.165) is 30.7 Å². The van der Waals surface area contributed by atoms with E-state index in [1.165, 1.54) is 12.1 Å². The van der Waals surface area contributed by atoms with Crippen LogP contribution >= 0.6 is 0 Å². The lowest BCUT2D eigenvalue weighted by Gasteiger charge is -2.37. The quantitative estimate of drug-likeness (QED) is 0.621.